The summed E-state index contributed by atoms with van der Waals surface area (Å²) in [5.74, 6) is 0.748. The fraction of sp³-hybridized carbons (Fsp3) is 0.350. The third-order valence-corrected chi connectivity index (χ3v) is 5.82. The minimum absolute atomic E-state index is 0.118. The molecule has 0 unspecified atom stereocenters. The van der Waals surface area contributed by atoms with Crippen LogP contribution < -0.4 is 14.4 Å². The highest BCUT2D eigenvalue weighted by Crippen LogP contribution is 2.31. The van der Waals surface area contributed by atoms with E-state index < -0.39 is 10.0 Å². The van der Waals surface area contributed by atoms with Crippen LogP contribution in [0.2, 0.25) is 0 Å². The van der Waals surface area contributed by atoms with Crippen molar-refractivity contribution in [1.29, 1.82) is 0 Å². The number of amides is 1. The molecule has 0 atom stereocenters. The van der Waals surface area contributed by atoms with Crippen LogP contribution in [0.25, 0.3) is 0 Å². The highest BCUT2D eigenvalue weighted by Gasteiger charge is 2.24. The summed E-state index contributed by atoms with van der Waals surface area (Å²) in [7, 11) is -3.69. The zero-order valence-corrected chi connectivity index (χ0v) is 16.4. The Morgan fingerprint density at radius 1 is 1.07 bits per heavy atom. The van der Waals surface area contributed by atoms with Crippen LogP contribution in [0.4, 0.5) is 11.4 Å². The van der Waals surface area contributed by atoms with Crippen molar-refractivity contribution in [1.82, 2.24) is 0 Å². The minimum Gasteiger partial charge on any atom is -0.494 e. The van der Waals surface area contributed by atoms with E-state index in [1.807, 2.05) is 26.0 Å². The van der Waals surface area contributed by atoms with E-state index in [4.69, 9.17) is 4.74 Å². The Hall–Kier alpha value is -2.54. The number of fused-ring (bicyclic) bond motifs is 1. The van der Waals surface area contributed by atoms with Gasteiger partial charge in [0.15, 0.2) is 0 Å². The van der Waals surface area contributed by atoms with Crippen molar-refractivity contribution in [2.24, 2.45) is 0 Å². The molecule has 3 rings (SSSR count). The summed E-state index contributed by atoms with van der Waals surface area (Å²) in [6.45, 7) is 5.10. The van der Waals surface area contributed by atoms with E-state index in [0.29, 0.717) is 37.4 Å². The van der Waals surface area contributed by atoms with Gasteiger partial charge in [-0.15, -0.1) is 0 Å². The first-order valence-corrected chi connectivity index (χ1v) is 10.6. The van der Waals surface area contributed by atoms with Crippen LogP contribution in [0.5, 0.6) is 5.75 Å². The zero-order chi connectivity index (χ0) is 19.4. The maximum Gasteiger partial charge on any atom is 0.261 e. The van der Waals surface area contributed by atoms with Crippen molar-refractivity contribution in [2.75, 3.05) is 22.8 Å². The molecule has 0 radical (unpaired) electrons. The van der Waals surface area contributed by atoms with Crippen molar-refractivity contribution >= 4 is 27.3 Å². The summed E-state index contributed by atoms with van der Waals surface area (Å²) in [5.41, 5.74) is 2.35. The second kappa shape index (κ2) is 8.00. The molecule has 2 aromatic carbocycles. The number of nitrogens with zero attached hydrogens (tertiary/aromatic N) is 1. The first-order valence-electron chi connectivity index (χ1n) is 9.13. The van der Waals surface area contributed by atoms with Crippen LogP contribution in [-0.2, 0) is 21.2 Å². The molecule has 0 fully saturated rings. The topological polar surface area (TPSA) is 75.7 Å². The van der Waals surface area contributed by atoms with Gasteiger partial charge in [-0.25, -0.2) is 8.42 Å². The second-order valence-corrected chi connectivity index (χ2v) is 8.08. The fourth-order valence-electron chi connectivity index (χ4n) is 3.19. The van der Waals surface area contributed by atoms with Gasteiger partial charge in [-0.05, 0) is 67.8 Å². The number of nitrogens with one attached hydrogen (secondary N) is 1. The standard InChI is InChI=1S/C20H24N2O4S/c1-3-13-22-19-11-6-16(14-15(19)5-12-20(22)23)21-27(24,25)18-9-7-17(8-10-18)26-4-2/h6-11,14,21H,3-5,12-13H2,1-2H3. The Morgan fingerprint density at radius 2 is 1.81 bits per heavy atom. The van der Waals surface area contributed by atoms with E-state index in [0.717, 1.165) is 17.7 Å². The van der Waals surface area contributed by atoms with Gasteiger partial charge >= 0.3 is 0 Å². The number of benzene rings is 2. The molecular weight excluding hydrogens is 364 g/mol. The lowest BCUT2D eigenvalue weighted by Crippen LogP contribution is -2.35. The summed E-state index contributed by atoms with van der Waals surface area (Å²) in [4.78, 5) is 14.1. The molecule has 0 bridgehead atoms. The van der Waals surface area contributed by atoms with Crippen molar-refractivity contribution in [3.8, 4) is 5.75 Å². The Labute approximate surface area is 160 Å². The molecule has 0 spiro atoms. The third kappa shape index (κ3) is 4.24. The number of carbonyl (C=O) groups excluding carboxylic acids is 1. The lowest BCUT2D eigenvalue weighted by Gasteiger charge is -2.29. The molecule has 0 aliphatic carbocycles. The number of hydrogen-bond donors (Lipinski definition) is 1. The highest BCUT2D eigenvalue weighted by atomic mass is 32.2. The molecule has 7 heteroatoms. The van der Waals surface area contributed by atoms with Gasteiger partial charge in [0.25, 0.3) is 10.0 Å². The molecule has 27 heavy (non-hydrogen) atoms. The summed E-state index contributed by atoms with van der Waals surface area (Å²) < 4.78 is 33.2. The monoisotopic (exact) mass is 388 g/mol. The Morgan fingerprint density at radius 3 is 2.48 bits per heavy atom. The van der Waals surface area contributed by atoms with Gasteiger partial charge in [0, 0.05) is 24.3 Å². The van der Waals surface area contributed by atoms with E-state index in [1.54, 1.807) is 23.1 Å². The highest BCUT2D eigenvalue weighted by molar-refractivity contribution is 7.92. The van der Waals surface area contributed by atoms with Gasteiger partial charge in [0.05, 0.1) is 11.5 Å². The summed E-state index contributed by atoms with van der Waals surface area (Å²) in [6, 6.07) is 11.7. The predicted octanol–water partition coefficient (Wildman–Crippen LogP) is 3.58. The smallest absolute Gasteiger partial charge is 0.261 e. The normalized spacial score (nSPS) is 14.0. The summed E-state index contributed by atoms with van der Waals surface area (Å²) in [5, 5.41) is 0. The average molecular weight is 388 g/mol. The van der Waals surface area contributed by atoms with Crippen LogP contribution >= 0.6 is 0 Å². The largest absolute Gasteiger partial charge is 0.494 e. The van der Waals surface area contributed by atoms with Crippen molar-refractivity contribution in [3.63, 3.8) is 0 Å². The van der Waals surface area contributed by atoms with Crippen LogP contribution in [0.1, 0.15) is 32.3 Å². The molecule has 1 heterocycles. The predicted molar refractivity (Wildman–Crippen MR) is 106 cm³/mol. The zero-order valence-electron chi connectivity index (χ0n) is 15.6. The molecule has 6 nitrogen and oxygen atoms in total. The van der Waals surface area contributed by atoms with E-state index in [9.17, 15) is 13.2 Å². The van der Waals surface area contributed by atoms with E-state index in [2.05, 4.69) is 4.72 Å². The van der Waals surface area contributed by atoms with Crippen LogP contribution in [0.3, 0.4) is 0 Å². The molecule has 0 saturated heterocycles. The number of ether oxygens (including phenoxy) is 1. The maximum atomic E-state index is 12.6. The van der Waals surface area contributed by atoms with E-state index in [1.165, 1.54) is 12.1 Å². The molecule has 2 aromatic rings. The van der Waals surface area contributed by atoms with E-state index in [-0.39, 0.29) is 10.8 Å². The number of sulfonamides is 1. The summed E-state index contributed by atoms with van der Waals surface area (Å²) in [6.07, 6.45) is 1.94. The van der Waals surface area contributed by atoms with Gasteiger partial charge in [0.2, 0.25) is 5.91 Å². The van der Waals surface area contributed by atoms with Crippen molar-refractivity contribution in [2.45, 2.75) is 38.0 Å². The van der Waals surface area contributed by atoms with Crippen LogP contribution in [0.15, 0.2) is 47.4 Å². The third-order valence-electron chi connectivity index (χ3n) is 4.42. The number of aryl methyl sites for hydroxylation is 1. The number of carbonyl (C=O) groups is 1. The average Bonchev–Trinajstić information content (AvgIpc) is 2.65. The molecular formula is C20H24N2O4S. The molecule has 1 aliphatic rings. The Balaban J connectivity index is 1.82. The number of rotatable bonds is 7. The van der Waals surface area contributed by atoms with Crippen molar-refractivity contribution in [3.05, 3.63) is 48.0 Å². The quantitative estimate of drug-likeness (QED) is 0.787. The van der Waals surface area contributed by atoms with Crippen molar-refractivity contribution < 1.29 is 17.9 Å². The van der Waals surface area contributed by atoms with Gasteiger partial charge in [-0.2, -0.15) is 0 Å². The SMILES string of the molecule is CCCN1C(=O)CCc2cc(NS(=O)(=O)c3ccc(OCC)cc3)ccc21. The molecule has 1 aliphatic heterocycles. The molecule has 0 aromatic heterocycles. The minimum atomic E-state index is -3.69. The number of anilines is 2. The first-order chi connectivity index (χ1) is 12.9. The lowest BCUT2D eigenvalue weighted by atomic mass is 10.0. The van der Waals surface area contributed by atoms with Gasteiger partial charge in [0.1, 0.15) is 5.75 Å². The van der Waals surface area contributed by atoms with Crippen LogP contribution in [0, 0.1) is 0 Å². The summed E-state index contributed by atoms with van der Waals surface area (Å²) >= 11 is 0. The van der Waals surface area contributed by atoms with Gasteiger partial charge < -0.3 is 9.64 Å². The molecule has 144 valence electrons. The molecule has 1 N–H and O–H groups in total. The maximum absolute atomic E-state index is 12.6. The second-order valence-electron chi connectivity index (χ2n) is 6.40. The molecule has 1 amide bonds. The van der Waals surface area contributed by atoms with Crippen LogP contribution in [-0.4, -0.2) is 27.5 Å². The number of hydrogen-bond acceptors (Lipinski definition) is 4. The van der Waals surface area contributed by atoms with Gasteiger partial charge in [-0.1, -0.05) is 6.92 Å². The molecule has 0 saturated carbocycles. The van der Waals surface area contributed by atoms with Gasteiger partial charge in [-0.3, -0.25) is 9.52 Å². The Bertz CT molecular complexity index is 923. The fourth-order valence-corrected chi connectivity index (χ4v) is 4.24. The Kier molecular flexibility index (Phi) is 5.70. The van der Waals surface area contributed by atoms with E-state index >= 15 is 0 Å². The first kappa shape index (κ1) is 19.2. The lowest BCUT2D eigenvalue weighted by molar-refractivity contribution is -0.118.